The van der Waals surface area contributed by atoms with Crippen molar-refractivity contribution in [3.63, 3.8) is 0 Å². The molecule has 0 heterocycles. The first-order chi connectivity index (χ1) is 7.19. The van der Waals surface area contributed by atoms with Crippen LogP contribution in [0.2, 0.25) is 0 Å². The molecule has 0 aromatic carbocycles. The van der Waals surface area contributed by atoms with Crippen molar-refractivity contribution in [1.29, 1.82) is 0 Å². The molecular weight excluding hydrogens is 241 g/mol. The lowest BCUT2D eigenvalue weighted by Crippen LogP contribution is -2.66. The van der Waals surface area contributed by atoms with Gasteiger partial charge in [0.05, 0.1) is 5.41 Å². The molecule has 4 bridgehead atoms. The molecule has 0 radical (unpaired) electrons. The maximum atomic E-state index is 14.3. The monoisotopic (exact) mass is 252 g/mol. The highest BCUT2D eigenvalue weighted by Crippen LogP contribution is 2.68. The van der Waals surface area contributed by atoms with Gasteiger partial charge in [-0.1, -0.05) is 0 Å². The summed E-state index contributed by atoms with van der Waals surface area (Å²) in [5, 5.41) is -0.780. The molecule has 0 N–H and O–H groups in total. The first kappa shape index (κ1) is 10.9. The maximum Gasteiger partial charge on any atom is 0.228 e. The van der Waals surface area contributed by atoms with E-state index in [9.17, 15) is 18.0 Å². The topological polar surface area (TPSA) is 17.1 Å². The fraction of sp³-hybridized carbons (Fsp3) is 0.909. The number of carbonyl (C=O) groups excluding carboxylic acids is 1. The first-order valence-electron chi connectivity index (χ1n) is 5.45. The summed E-state index contributed by atoms with van der Waals surface area (Å²) < 4.78 is 42.9. The smallest absolute Gasteiger partial charge is 0.228 e. The van der Waals surface area contributed by atoms with Crippen molar-refractivity contribution in [3.05, 3.63) is 0 Å². The van der Waals surface area contributed by atoms with Crippen molar-refractivity contribution >= 4 is 16.8 Å². The van der Waals surface area contributed by atoms with Gasteiger partial charge in [0.2, 0.25) is 5.24 Å². The third-order valence-corrected chi connectivity index (χ3v) is 4.68. The Balaban J connectivity index is 2.11. The second-order valence-corrected chi connectivity index (χ2v) is 6.41. The molecule has 1 nitrogen and oxygen atoms in total. The molecule has 0 aromatic heterocycles. The Kier molecular flexibility index (Phi) is 1.77. The average Bonchev–Trinajstić information content (AvgIpc) is 1.92. The van der Waals surface area contributed by atoms with E-state index in [2.05, 4.69) is 0 Å². The second-order valence-electron chi connectivity index (χ2n) is 6.07. The molecule has 4 aliphatic rings. The van der Waals surface area contributed by atoms with Crippen LogP contribution in [0.25, 0.3) is 0 Å². The SMILES string of the molecule is O=C(Cl)C12CC3(F)CC(F)(CC(F)(C3)C1)C2. The van der Waals surface area contributed by atoms with E-state index in [4.69, 9.17) is 11.6 Å². The van der Waals surface area contributed by atoms with Gasteiger partial charge >= 0.3 is 0 Å². The summed E-state index contributed by atoms with van der Waals surface area (Å²) in [7, 11) is 0. The molecule has 90 valence electrons. The van der Waals surface area contributed by atoms with Crippen molar-refractivity contribution in [3.8, 4) is 0 Å². The molecule has 0 atom stereocenters. The molecular formula is C11H12ClF3O. The number of alkyl halides is 3. The van der Waals surface area contributed by atoms with E-state index in [1.54, 1.807) is 0 Å². The minimum atomic E-state index is -1.89. The van der Waals surface area contributed by atoms with Gasteiger partial charge in [0.1, 0.15) is 17.0 Å². The van der Waals surface area contributed by atoms with E-state index < -0.39 is 27.7 Å². The van der Waals surface area contributed by atoms with E-state index >= 15 is 0 Å². The quantitative estimate of drug-likeness (QED) is 0.655. The zero-order chi connectivity index (χ0) is 11.8. The Labute approximate surface area is 96.3 Å². The van der Waals surface area contributed by atoms with E-state index in [-0.39, 0.29) is 38.5 Å². The van der Waals surface area contributed by atoms with E-state index in [1.165, 1.54) is 0 Å². The number of carbonyl (C=O) groups is 1. The largest absolute Gasteiger partial charge is 0.281 e. The van der Waals surface area contributed by atoms with E-state index in [0.717, 1.165) is 0 Å². The number of halogens is 4. The van der Waals surface area contributed by atoms with Crippen LogP contribution in [0.5, 0.6) is 0 Å². The van der Waals surface area contributed by atoms with Crippen LogP contribution in [0.15, 0.2) is 0 Å². The molecule has 4 saturated carbocycles. The van der Waals surface area contributed by atoms with Crippen LogP contribution in [0.1, 0.15) is 38.5 Å². The van der Waals surface area contributed by atoms with Crippen molar-refractivity contribution in [2.45, 2.75) is 55.5 Å². The summed E-state index contributed by atoms with van der Waals surface area (Å²) in [5.74, 6) is 0. The lowest BCUT2D eigenvalue weighted by atomic mass is 9.46. The summed E-state index contributed by atoms with van der Waals surface area (Å²) in [6.45, 7) is 0. The third-order valence-electron chi connectivity index (χ3n) is 4.28. The number of hydrogen-bond acceptors (Lipinski definition) is 1. The third kappa shape index (κ3) is 1.28. The van der Waals surface area contributed by atoms with Crippen molar-refractivity contribution in [2.24, 2.45) is 5.41 Å². The molecule has 4 rings (SSSR count). The molecule has 16 heavy (non-hydrogen) atoms. The van der Waals surface area contributed by atoms with Crippen LogP contribution in [0, 0.1) is 5.41 Å². The molecule has 0 unspecified atom stereocenters. The van der Waals surface area contributed by atoms with Gasteiger partial charge in [-0.2, -0.15) is 0 Å². The van der Waals surface area contributed by atoms with Crippen molar-refractivity contribution < 1.29 is 18.0 Å². The molecule has 5 heteroatoms. The lowest BCUT2D eigenvalue weighted by Gasteiger charge is -2.61. The first-order valence-corrected chi connectivity index (χ1v) is 5.83. The maximum absolute atomic E-state index is 14.3. The van der Waals surface area contributed by atoms with Crippen LogP contribution < -0.4 is 0 Å². The fourth-order valence-electron chi connectivity index (χ4n) is 4.48. The lowest BCUT2D eigenvalue weighted by molar-refractivity contribution is -0.212. The number of rotatable bonds is 1. The molecule has 0 aliphatic heterocycles. The van der Waals surface area contributed by atoms with Gasteiger partial charge in [0, 0.05) is 19.3 Å². The van der Waals surface area contributed by atoms with Gasteiger partial charge in [0.15, 0.2) is 0 Å². The van der Waals surface area contributed by atoms with Crippen molar-refractivity contribution in [1.82, 2.24) is 0 Å². The standard InChI is InChI=1S/C11H12ClF3O/c12-7(16)8-1-9(13)4-10(14,2-8)6-11(15,3-8)5-9/h1-6H2. The highest BCUT2D eigenvalue weighted by atomic mass is 35.5. The summed E-state index contributed by atoms with van der Waals surface area (Å²) in [5.41, 5.74) is -6.97. The van der Waals surface area contributed by atoms with Crippen LogP contribution in [0.3, 0.4) is 0 Å². The molecule has 4 fully saturated rings. The molecule has 0 saturated heterocycles. The summed E-state index contributed by atoms with van der Waals surface area (Å²) >= 11 is 5.45. The highest BCUT2D eigenvalue weighted by molar-refractivity contribution is 6.64. The molecule has 4 aliphatic carbocycles. The molecule has 0 amide bonds. The Bertz CT molecular complexity index is 330. The summed E-state index contributed by atoms with van der Waals surface area (Å²) in [6, 6.07) is 0. The summed E-state index contributed by atoms with van der Waals surface area (Å²) in [6.07, 6.45) is -1.17. The fourth-order valence-corrected chi connectivity index (χ4v) is 4.68. The number of hydrogen-bond donors (Lipinski definition) is 0. The van der Waals surface area contributed by atoms with E-state index in [0.29, 0.717) is 0 Å². The van der Waals surface area contributed by atoms with Crippen LogP contribution in [-0.2, 0) is 4.79 Å². The minimum absolute atomic E-state index is 0.111. The van der Waals surface area contributed by atoms with Gasteiger partial charge in [-0.25, -0.2) is 13.2 Å². The zero-order valence-electron chi connectivity index (χ0n) is 8.66. The van der Waals surface area contributed by atoms with Crippen LogP contribution >= 0.6 is 11.6 Å². The molecule has 0 aromatic rings. The van der Waals surface area contributed by atoms with Gasteiger partial charge < -0.3 is 0 Å². The van der Waals surface area contributed by atoms with Gasteiger partial charge in [-0.05, 0) is 30.9 Å². The Morgan fingerprint density at radius 2 is 1.12 bits per heavy atom. The predicted octanol–water partition coefficient (Wildman–Crippen LogP) is 3.24. The average molecular weight is 253 g/mol. The zero-order valence-corrected chi connectivity index (χ0v) is 9.42. The predicted molar refractivity (Wildman–Crippen MR) is 52.5 cm³/mol. The Hall–Kier alpha value is -0.250. The van der Waals surface area contributed by atoms with E-state index in [1.807, 2.05) is 0 Å². The van der Waals surface area contributed by atoms with Crippen molar-refractivity contribution in [2.75, 3.05) is 0 Å². The second kappa shape index (κ2) is 2.60. The normalized spacial score (nSPS) is 59.0. The van der Waals surface area contributed by atoms with Gasteiger partial charge in [0.25, 0.3) is 0 Å². The van der Waals surface area contributed by atoms with Gasteiger partial charge in [-0.15, -0.1) is 0 Å². The molecule has 0 spiro atoms. The Morgan fingerprint density at radius 1 is 0.812 bits per heavy atom. The minimum Gasteiger partial charge on any atom is -0.281 e. The van der Waals surface area contributed by atoms with Crippen LogP contribution in [-0.4, -0.2) is 22.2 Å². The summed E-state index contributed by atoms with van der Waals surface area (Å²) in [4.78, 5) is 11.4. The van der Waals surface area contributed by atoms with Gasteiger partial charge in [-0.3, -0.25) is 4.79 Å². The van der Waals surface area contributed by atoms with Crippen LogP contribution in [0.4, 0.5) is 13.2 Å². The Morgan fingerprint density at radius 3 is 1.38 bits per heavy atom. The highest BCUT2D eigenvalue weighted by Gasteiger charge is 2.72.